The molecule has 0 aliphatic heterocycles. The number of rotatable bonds is 6. The van der Waals surface area contributed by atoms with Gasteiger partial charge in [0.1, 0.15) is 0 Å². The van der Waals surface area contributed by atoms with Crippen molar-refractivity contribution in [3.63, 3.8) is 0 Å². The van der Waals surface area contributed by atoms with Crippen molar-refractivity contribution in [3.05, 3.63) is 91.0 Å². The number of hydrazone groups is 1. The topological polar surface area (TPSA) is 77.7 Å². The van der Waals surface area contributed by atoms with E-state index in [0.29, 0.717) is 0 Å². The monoisotopic (exact) mass is 332 g/mol. The second-order valence-electron chi connectivity index (χ2n) is 5.24. The summed E-state index contributed by atoms with van der Waals surface area (Å²) in [4.78, 5) is 0. The van der Waals surface area contributed by atoms with Crippen LogP contribution in [0.15, 0.2) is 96.1 Å². The summed E-state index contributed by atoms with van der Waals surface area (Å²) in [6.45, 7) is 0. The molecule has 3 aromatic carbocycles. The Morgan fingerprint density at radius 1 is 0.640 bits per heavy atom. The van der Waals surface area contributed by atoms with Crippen molar-refractivity contribution in [1.82, 2.24) is 5.12 Å². The van der Waals surface area contributed by atoms with Crippen molar-refractivity contribution >= 4 is 23.0 Å². The van der Waals surface area contributed by atoms with E-state index in [4.69, 9.17) is 5.73 Å². The van der Waals surface area contributed by atoms with Crippen molar-refractivity contribution in [3.8, 4) is 0 Å². The maximum Gasteiger partial charge on any atom is 0.252 e. The maximum absolute atomic E-state index is 6.15. The number of hydrogen-bond acceptors (Lipinski definition) is 4. The fraction of sp³-hybridized carbons (Fsp3) is 0. The highest BCUT2D eigenvalue weighted by atomic mass is 15.8. The van der Waals surface area contributed by atoms with Crippen LogP contribution >= 0.6 is 0 Å². The van der Waals surface area contributed by atoms with Crippen LogP contribution in [-0.4, -0.2) is 11.1 Å². The van der Waals surface area contributed by atoms with E-state index in [1.165, 1.54) is 0 Å². The summed E-state index contributed by atoms with van der Waals surface area (Å²) in [6, 6.07) is 29.1. The summed E-state index contributed by atoms with van der Waals surface area (Å²) in [6.07, 6.45) is 0. The van der Waals surface area contributed by atoms with E-state index in [2.05, 4.69) is 21.4 Å². The molecule has 0 bridgehead atoms. The fourth-order valence-corrected chi connectivity index (χ4v) is 2.11. The number of nitrogens with two attached hydrogens (primary N) is 1. The lowest BCUT2D eigenvalue weighted by atomic mass is 10.3. The third-order valence-corrected chi connectivity index (χ3v) is 3.33. The minimum absolute atomic E-state index is 0.233. The van der Waals surface area contributed by atoms with Crippen LogP contribution in [-0.2, 0) is 0 Å². The Morgan fingerprint density at radius 3 is 1.48 bits per heavy atom. The molecule has 0 unspecified atom stereocenters. The first kappa shape index (κ1) is 16.2. The van der Waals surface area contributed by atoms with Gasteiger partial charge >= 0.3 is 0 Å². The zero-order chi connectivity index (χ0) is 17.3. The lowest BCUT2D eigenvalue weighted by Gasteiger charge is -2.26. The Hall–Kier alpha value is -3.67. The molecule has 0 amide bonds. The van der Waals surface area contributed by atoms with E-state index in [1.807, 2.05) is 91.0 Å². The Kier molecular flexibility index (Phi) is 5.35. The smallest absolute Gasteiger partial charge is 0.252 e. The van der Waals surface area contributed by atoms with Crippen molar-refractivity contribution in [2.24, 2.45) is 10.8 Å². The standard InChI is InChI=1S/C19H20N6/c20-19(22-21-16-10-4-1-5-11-16)25(23-17-12-6-2-7-13-17)24-18-14-8-3-9-15-18/h1-15,21,23-24H,(H2,20,22). The number of nitrogens with zero attached hydrogens (tertiary/aromatic N) is 2. The van der Waals surface area contributed by atoms with E-state index in [1.54, 1.807) is 5.12 Å². The van der Waals surface area contributed by atoms with Gasteiger partial charge in [0.05, 0.1) is 17.1 Å². The van der Waals surface area contributed by atoms with Gasteiger partial charge in [0.2, 0.25) is 0 Å². The largest absolute Gasteiger partial charge is 0.365 e. The minimum Gasteiger partial charge on any atom is -0.365 e. The molecule has 0 aromatic heterocycles. The highest BCUT2D eigenvalue weighted by Gasteiger charge is 2.08. The van der Waals surface area contributed by atoms with Gasteiger partial charge in [-0.15, -0.1) is 5.10 Å². The molecular formula is C19H20N6. The maximum atomic E-state index is 6.15. The van der Waals surface area contributed by atoms with Crippen LogP contribution < -0.4 is 22.0 Å². The van der Waals surface area contributed by atoms with Crippen LogP contribution in [0.2, 0.25) is 0 Å². The number of guanidine groups is 1. The Labute approximate surface area is 146 Å². The summed E-state index contributed by atoms with van der Waals surface area (Å²) in [5.41, 5.74) is 18.1. The Balaban J connectivity index is 1.76. The van der Waals surface area contributed by atoms with Gasteiger partial charge in [-0.2, -0.15) is 5.12 Å². The molecule has 0 aliphatic rings. The average Bonchev–Trinajstić information content (AvgIpc) is 2.68. The quantitative estimate of drug-likeness (QED) is 0.315. The number of nitrogens with one attached hydrogen (secondary N) is 3. The summed E-state index contributed by atoms with van der Waals surface area (Å²) < 4.78 is 0. The zero-order valence-electron chi connectivity index (χ0n) is 13.6. The molecule has 6 heteroatoms. The Bertz CT molecular complexity index is 748. The molecule has 3 rings (SSSR count). The van der Waals surface area contributed by atoms with Gasteiger partial charge in [-0.25, -0.2) is 0 Å². The van der Waals surface area contributed by atoms with Gasteiger partial charge in [-0.05, 0) is 36.4 Å². The van der Waals surface area contributed by atoms with E-state index < -0.39 is 0 Å². The molecule has 0 radical (unpaired) electrons. The van der Waals surface area contributed by atoms with Gasteiger partial charge < -0.3 is 5.73 Å². The van der Waals surface area contributed by atoms with Crippen LogP contribution in [0.25, 0.3) is 0 Å². The van der Waals surface area contributed by atoms with Gasteiger partial charge in [-0.3, -0.25) is 16.3 Å². The molecule has 0 spiro atoms. The zero-order valence-corrected chi connectivity index (χ0v) is 13.6. The van der Waals surface area contributed by atoms with E-state index in [0.717, 1.165) is 17.1 Å². The van der Waals surface area contributed by atoms with E-state index in [9.17, 15) is 0 Å². The van der Waals surface area contributed by atoms with Gasteiger partial charge in [0.25, 0.3) is 5.96 Å². The normalized spacial score (nSPS) is 10.8. The fourth-order valence-electron chi connectivity index (χ4n) is 2.11. The molecule has 0 aliphatic carbocycles. The summed E-state index contributed by atoms with van der Waals surface area (Å²) in [5, 5.41) is 5.79. The lowest BCUT2D eigenvalue weighted by Crippen LogP contribution is -2.46. The molecule has 6 nitrogen and oxygen atoms in total. The first-order chi connectivity index (χ1) is 12.3. The molecule has 0 saturated carbocycles. The highest BCUT2D eigenvalue weighted by molar-refractivity contribution is 5.81. The predicted octanol–water partition coefficient (Wildman–Crippen LogP) is 3.68. The number of hydrazine groups is 2. The first-order valence-electron chi connectivity index (χ1n) is 7.89. The van der Waals surface area contributed by atoms with Crippen molar-refractivity contribution in [2.75, 3.05) is 16.3 Å². The first-order valence-corrected chi connectivity index (χ1v) is 7.89. The van der Waals surface area contributed by atoms with Crippen LogP contribution in [0.3, 0.4) is 0 Å². The molecule has 25 heavy (non-hydrogen) atoms. The number of anilines is 3. The van der Waals surface area contributed by atoms with Gasteiger partial charge in [-0.1, -0.05) is 54.6 Å². The third kappa shape index (κ3) is 4.90. The number of para-hydroxylation sites is 3. The molecule has 5 N–H and O–H groups in total. The summed E-state index contributed by atoms with van der Waals surface area (Å²) in [5.74, 6) is 0.233. The second kappa shape index (κ2) is 8.26. The number of benzene rings is 3. The molecule has 0 atom stereocenters. The summed E-state index contributed by atoms with van der Waals surface area (Å²) >= 11 is 0. The molecule has 126 valence electrons. The van der Waals surface area contributed by atoms with Crippen molar-refractivity contribution < 1.29 is 0 Å². The molecule has 0 fully saturated rings. The van der Waals surface area contributed by atoms with Crippen LogP contribution in [0, 0.1) is 0 Å². The van der Waals surface area contributed by atoms with Gasteiger partial charge in [0.15, 0.2) is 0 Å². The SMILES string of the molecule is NC(=NNc1ccccc1)N(Nc1ccccc1)Nc1ccccc1. The lowest BCUT2D eigenvalue weighted by molar-refractivity contribution is 0.587. The average molecular weight is 332 g/mol. The van der Waals surface area contributed by atoms with E-state index in [-0.39, 0.29) is 5.96 Å². The van der Waals surface area contributed by atoms with E-state index >= 15 is 0 Å². The molecule has 0 saturated heterocycles. The van der Waals surface area contributed by atoms with Gasteiger partial charge in [0, 0.05) is 0 Å². The highest BCUT2D eigenvalue weighted by Crippen LogP contribution is 2.11. The van der Waals surface area contributed by atoms with Crippen molar-refractivity contribution in [1.29, 1.82) is 0 Å². The molecule has 3 aromatic rings. The molecular weight excluding hydrogens is 312 g/mol. The van der Waals surface area contributed by atoms with Crippen LogP contribution in [0.5, 0.6) is 0 Å². The summed E-state index contributed by atoms with van der Waals surface area (Å²) in [7, 11) is 0. The second-order valence-corrected chi connectivity index (χ2v) is 5.24. The molecule has 0 heterocycles. The predicted molar refractivity (Wildman–Crippen MR) is 104 cm³/mol. The van der Waals surface area contributed by atoms with Crippen LogP contribution in [0.1, 0.15) is 0 Å². The third-order valence-electron chi connectivity index (χ3n) is 3.33. The minimum atomic E-state index is 0.233. The number of hydrogen-bond donors (Lipinski definition) is 4. The Morgan fingerprint density at radius 2 is 1.04 bits per heavy atom. The van der Waals surface area contributed by atoms with Crippen molar-refractivity contribution in [2.45, 2.75) is 0 Å². The van der Waals surface area contributed by atoms with Crippen LogP contribution in [0.4, 0.5) is 17.1 Å².